The molecule has 0 bridgehead atoms. The molecule has 3 aromatic rings. The summed E-state index contributed by atoms with van der Waals surface area (Å²) in [6.45, 7) is 2.65. The highest BCUT2D eigenvalue weighted by atomic mass is 79.9. The van der Waals surface area contributed by atoms with Crippen LogP contribution in [0.5, 0.6) is 5.75 Å². The summed E-state index contributed by atoms with van der Waals surface area (Å²) in [5.41, 5.74) is 2.00. The minimum Gasteiger partial charge on any atom is -0.494 e. The van der Waals surface area contributed by atoms with Crippen LogP contribution in [0.4, 0.5) is 17.2 Å². The van der Waals surface area contributed by atoms with Crippen molar-refractivity contribution < 1.29 is 19.1 Å². The van der Waals surface area contributed by atoms with Crippen LogP contribution < -0.4 is 15.4 Å². The number of likely N-dealkylation sites (N-methyl/N-ethyl adjacent to an activating group) is 1. The summed E-state index contributed by atoms with van der Waals surface area (Å²) in [6.07, 6.45) is 4.55. The molecule has 0 aliphatic rings. The van der Waals surface area contributed by atoms with E-state index in [0.717, 1.165) is 15.5 Å². The Morgan fingerprint density at radius 2 is 2.03 bits per heavy atom. The van der Waals surface area contributed by atoms with Crippen molar-refractivity contribution in [2.45, 2.75) is 6.92 Å². The third-order valence-electron chi connectivity index (χ3n) is 4.69. The largest absolute Gasteiger partial charge is 0.494 e. The van der Waals surface area contributed by atoms with Gasteiger partial charge in [-0.05, 0) is 38.2 Å². The van der Waals surface area contributed by atoms with Crippen LogP contribution in [0.3, 0.4) is 0 Å². The Morgan fingerprint density at radius 3 is 2.76 bits per heavy atom. The topological polar surface area (TPSA) is 106 Å². The summed E-state index contributed by atoms with van der Waals surface area (Å²) in [6, 6.07) is 11.2. The van der Waals surface area contributed by atoms with Crippen LogP contribution in [0.25, 0.3) is 10.9 Å². The zero-order chi connectivity index (χ0) is 24.5. The lowest BCUT2D eigenvalue weighted by Gasteiger charge is -2.14. The van der Waals surface area contributed by atoms with Crippen LogP contribution in [0, 0.1) is 0 Å². The van der Waals surface area contributed by atoms with Gasteiger partial charge < -0.3 is 20.1 Å². The van der Waals surface area contributed by atoms with E-state index >= 15 is 0 Å². The Labute approximate surface area is 206 Å². The molecule has 0 fully saturated rings. The summed E-state index contributed by atoms with van der Waals surface area (Å²) in [5.74, 6) is 0.428. The maximum absolute atomic E-state index is 12.5. The number of nitrogens with one attached hydrogen (secondary N) is 2. The molecular formula is C24H26BrN5O4. The van der Waals surface area contributed by atoms with Gasteiger partial charge in [0.25, 0.3) is 0 Å². The molecular weight excluding hydrogens is 502 g/mol. The molecule has 2 N–H and O–H groups in total. The molecule has 34 heavy (non-hydrogen) atoms. The number of carbonyl (C=O) groups is 2. The van der Waals surface area contributed by atoms with Gasteiger partial charge in [-0.25, -0.2) is 9.97 Å². The van der Waals surface area contributed by atoms with Crippen molar-refractivity contribution in [1.82, 2.24) is 14.9 Å². The van der Waals surface area contributed by atoms with E-state index < -0.39 is 0 Å². The average molecular weight is 528 g/mol. The summed E-state index contributed by atoms with van der Waals surface area (Å²) in [7, 11) is 3.30. The minimum absolute atomic E-state index is 0.145. The molecule has 3 rings (SSSR count). The normalized spacial score (nSPS) is 11.1. The standard InChI is InChI=1S/C24H26BrN5O4/c1-4-34-23(32)14-30(2)10-6-9-22(31)29-20-12-18-19(13-21(20)33-3)26-15-27-24(18)28-17-8-5-7-16(25)11-17/h5-9,11-13,15H,4,10,14H2,1-3H3,(H,29,31)(H,26,27,28). The fourth-order valence-electron chi connectivity index (χ4n) is 3.16. The van der Waals surface area contributed by atoms with Crippen molar-refractivity contribution in [3.63, 3.8) is 0 Å². The Hall–Kier alpha value is -3.50. The SMILES string of the molecule is CCOC(=O)CN(C)CC=CC(=O)Nc1cc2c(Nc3cccc(Br)c3)ncnc2cc1OC. The fourth-order valence-corrected chi connectivity index (χ4v) is 3.56. The van der Waals surface area contributed by atoms with Gasteiger partial charge in [0.15, 0.2) is 0 Å². The molecule has 2 aromatic carbocycles. The number of aromatic nitrogens is 2. The van der Waals surface area contributed by atoms with E-state index in [4.69, 9.17) is 9.47 Å². The van der Waals surface area contributed by atoms with Gasteiger partial charge in [-0.2, -0.15) is 0 Å². The molecule has 0 spiro atoms. The molecule has 0 atom stereocenters. The Balaban J connectivity index is 1.76. The quantitative estimate of drug-likeness (QED) is 0.299. The lowest BCUT2D eigenvalue weighted by atomic mass is 10.2. The van der Waals surface area contributed by atoms with E-state index in [-0.39, 0.29) is 18.4 Å². The first-order chi connectivity index (χ1) is 16.4. The number of esters is 1. The molecule has 0 saturated heterocycles. The second-order valence-electron chi connectivity index (χ2n) is 7.32. The number of anilines is 3. The van der Waals surface area contributed by atoms with E-state index in [1.54, 1.807) is 37.1 Å². The first kappa shape index (κ1) is 25.1. The lowest BCUT2D eigenvalue weighted by Crippen LogP contribution is -2.27. The minimum atomic E-state index is -0.333. The predicted octanol–water partition coefficient (Wildman–Crippen LogP) is 4.13. The maximum Gasteiger partial charge on any atom is 0.320 e. The van der Waals surface area contributed by atoms with Crippen LogP contribution in [0.2, 0.25) is 0 Å². The molecule has 0 aliphatic heterocycles. The number of fused-ring (bicyclic) bond motifs is 1. The van der Waals surface area contributed by atoms with Crippen molar-refractivity contribution in [2.75, 3.05) is 44.5 Å². The number of halogens is 1. The van der Waals surface area contributed by atoms with Gasteiger partial charge in [-0.1, -0.05) is 28.1 Å². The van der Waals surface area contributed by atoms with E-state index in [9.17, 15) is 9.59 Å². The third kappa shape index (κ3) is 7.00. The predicted molar refractivity (Wildman–Crippen MR) is 135 cm³/mol. The molecule has 1 aromatic heterocycles. The number of nitrogens with zero attached hydrogens (tertiary/aromatic N) is 3. The molecule has 0 unspecified atom stereocenters. The van der Waals surface area contributed by atoms with Crippen molar-refractivity contribution in [3.8, 4) is 5.75 Å². The smallest absolute Gasteiger partial charge is 0.320 e. The molecule has 1 heterocycles. The fraction of sp³-hybridized carbons (Fsp3) is 0.250. The van der Waals surface area contributed by atoms with E-state index in [0.29, 0.717) is 35.9 Å². The molecule has 10 heteroatoms. The Kier molecular flexibility index (Phi) is 8.94. The van der Waals surface area contributed by atoms with Crippen LogP contribution in [0.1, 0.15) is 6.92 Å². The molecule has 178 valence electrons. The highest BCUT2D eigenvalue weighted by Crippen LogP contribution is 2.33. The lowest BCUT2D eigenvalue weighted by molar-refractivity contribution is -0.143. The molecule has 0 radical (unpaired) electrons. The number of methoxy groups -OCH3 is 1. The van der Waals surface area contributed by atoms with Gasteiger partial charge in [0.1, 0.15) is 17.9 Å². The second kappa shape index (κ2) is 12.1. The highest BCUT2D eigenvalue weighted by Gasteiger charge is 2.13. The first-order valence-corrected chi connectivity index (χ1v) is 11.4. The van der Waals surface area contributed by atoms with Gasteiger partial charge in [0, 0.05) is 34.2 Å². The van der Waals surface area contributed by atoms with Crippen LogP contribution >= 0.6 is 15.9 Å². The maximum atomic E-state index is 12.5. The molecule has 9 nitrogen and oxygen atoms in total. The summed E-state index contributed by atoms with van der Waals surface area (Å²) >= 11 is 3.46. The van der Waals surface area contributed by atoms with Gasteiger partial charge in [0.2, 0.25) is 5.91 Å². The number of hydrogen-bond acceptors (Lipinski definition) is 8. The molecule has 0 saturated carbocycles. The van der Waals surface area contributed by atoms with Crippen molar-refractivity contribution in [2.24, 2.45) is 0 Å². The van der Waals surface area contributed by atoms with Crippen molar-refractivity contribution in [1.29, 1.82) is 0 Å². The van der Waals surface area contributed by atoms with E-state index in [1.165, 1.54) is 19.5 Å². The summed E-state index contributed by atoms with van der Waals surface area (Å²) < 4.78 is 11.3. The average Bonchev–Trinajstić information content (AvgIpc) is 2.79. The van der Waals surface area contributed by atoms with Crippen LogP contribution in [-0.4, -0.2) is 60.6 Å². The zero-order valence-corrected chi connectivity index (χ0v) is 20.8. The zero-order valence-electron chi connectivity index (χ0n) is 19.2. The molecule has 0 aliphatic carbocycles. The Morgan fingerprint density at radius 1 is 1.21 bits per heavy atom. The second-order valence-corrected chi connectivity index (χ2v) is 8.24. The number of benzene rings is 2. The van der Waals surface area contributed by atoms with Gasteiger partial charge in [-0.15, -0.1) is 0 Å². The number of hydrogen-bond donors (Lipinski definition) is 2. The van der Waals surface area contributed by atoms with Gasteiger partial charge in [-0.3, -0.25) is 14.5 Å². The number of amides is 1. The highest BCUT2D eigenvalue weighted by molar-refractivity contribution is 9.10. The number of ether oxygens (including phenoxy) is 2. The van der Waals surface area contributed by atoms with Crippen LogP contribution in [0.15, 0.2) is 59.4 Å². The first-order valence-electron chi connectivity index (χ1n) is 10.6. The monoisotopic (exact) mass is 527 g/mol. The van der Waals surface area contributed by atoms with Gasteiger partial charge >= 0.3 is 5.97 Å². The number of rotatable bonds is 10. The molecule has 1 amide bonds. The summed E-state index contributed by atoms with van der Waals surface area (Å²) in [5, 5.41) is 6.84. The van der Waals surface area contributed by atoms with E-state index in [2.05, 4.69) is 36.5 Å². The number of carbonyl (C=O) groups excluding carboxylic acids is 2. The van der Waals surface area contributed by atoms with Crippen LogP contribution in [-0.2, 0) is 14.3 Å². The Bertz CT molecular complexity index is 1200. The third-order valence-corrected chi connectivity index (χ3v) is 5.19. The van der Waals surface area contributed by atoms with Gasteiger partial charge in [0.05, 0.1) is 31.5 Å². The van der Waals surface area contributed by atoms with Crippen molar-refractivity contribution >= 4 is 55.9 Å². The van der Waals surface area contributed by atoms with E-state index in [1.807, 2.05) is 24.3 Å². The van der Waals surface area contributed by atoms with Crippen molar-refractivity contribution in [3.05, 3.63) is 59.4 Å². The summed E-state index contributed by atoms with van der Waals surface area (Å²) in [4.78, 5) is 34.5.